The van der Waals surface area contributed by atoms with Crippen molar-refractivity contribution in [3.05, 3.63) is 42.3 Å². The molecule has 1 saturated heterocycles. The van der Waals surface area contributed by atoms with Gasteiger partial charge >= 0.3 is 0 Å². The lowest BCUT2D eigenvalue weighted by molar-refractivity contribution is 0.312. The van der Waals surface area contributed by atoms with Gasteiger partial charge in [0.2, 0.25) is 5.95 Å². The van der Waals surface area contributed by atoms with Crippen LogP contribution in [-0.2, 0) is 0 Å². The fraction of sp³-hybridized carbons (Fsp3) is 0.316. The van der Waals surface area contributed by atoms with Crippen molar-refractivity contribution in [2.75, 3.05) is 50.5 Å². The van der Waals surface area contributed by atoms with Crippen molar-refractivity contribution in [3.63, 3.8) is 0 Å². The molecule has 1 aliphatic rings. The van der Waals surface area contributed by atoms with Gasteiger partial charge in [-0.05, 0) is 37.4 Å². The van der Waals surface area contributed by atoms with Crippen molar-refractivity contribution in [1.82, 2.24) is 25.1 Å². The SMILES string of the molecule is CNc1nccc(-c2c(N3CCN(C)CC3)n[nH]c2-c2ccc(F)cc2)n1. The van der Waals surface area contributed by atoms with Crippen LogP contribution in [0.15, 0.2) is 36.5 Å². The Morgan fingerprint density at radius 2 is 1.81 bits per heavy atom. The highest BCUT2D eigenvalue weighted by Crippen LogP contribution is 2.37. The number of halogens is 1. The molecule has 7 nitrogen and oxygen atoms in total. The molecule has 140 valence electrons. The molecule has 2 N–H and O–H groups in total. The van der Waals surface area contributed by atoms with Gasteiger partial charge < -0.3 is 15.1 Å². The highest BCUT2D eigenvalue weighted by molar-refractivity contribution is 5.87. The number of anilines is 2. The summed E-state index contributed by atoms with van der Waals surface area (Å²) in [6, 6.07) is 8.28. The van der Waals surface area contributed by atoms with Crippen LogP contribution in [0.4, 0.5) is 16.2 Å². The van der Waals surface area contributed by atoms with Crippen LogP contribution in [-0.4, -0.2) is 65.3 Å². The molecule has 0 unspecified atom stereocenters. The molecule has 0 saturated carbocycles. The number of nitrogens with zero attached hydrogens (tertiary/aromatic N) is 5. The van der Waals surface area contributed by atoms with Crippen LogP contribution < -0.4 is 10.2 Å². The Labute approximate surface area is 157 Å². The fourth-order valence-electron chi connectivity index (χ4n) is 3.27. The molecule has 3 aromatic rings. The van der Waals surface area contributed by atoms with Gasteiger partial charge in [-0.15, -0.1) is 0 Å². The number of likely N-dealkylation sites (N-methyl/N-ethyl adjacent to an activating group) is 1. The van der Waals surface area contributed by atoms with Gasteiger partial charge in [0.1, 0.15) is 5.82 Å². The number of rotatable bonds is 4. The first-order valence-corrected chi connectivity index (χ1v) is 8.94. The van der Waals surface area contributed by atoms with E-state index in [1.54, 1.807) is 25.4 Å². The molecule has 2 aromatic heterocycles. The number of benzene rings is 1. The van der Waals surface area contributed by atoms with E-state index in [1.165, 1.54) is 12.1 Å². The van der Waals surface area contributed by atoms with Crippen LogP contribution in [0.5, 0.6) is 0 Å². The molecule has 1 fully saturated rings. The van der Waals surface area contributed by atoms with Crippen molar-refractivity contribution in [3.8, 4) is 22.5 Å². The van der Waals surface area contributed by atoms with Crippen LogP contribution in [0.25, 0.3) is 22.5 Å². The lowest BCUT2D eigenvalue weighted by Gasteiger charge is -2.33. The first kappa shape index (κ1) is 17.4. The monoisotopic (exact) mass is 367 g/mol. The summed E-state index contributed by atoms with van der Waals surface area (Å²) in [5.74, 6) is 1.14. The van der Waals surface area contributed by atoms with Gasteiger partial charge in [-0.1, -0.05) is 0 Å². The third-order valence-corrected chi connectivity index (χ3v) is 4.82. The minimum Gasteiger partial charge on any atom is -0.357 e. The number of H-pyrrole nitrogens is 1. The summed E-state index contributed by atoms with van der Waals surface area (Å²) in [6.45, 7) is 3.73. The Kier molecular flexibility index (Phi) is 4.72. The Bertz CT molecular complexity index is 914. The van der Waals surface area contributed by atoms with Crippen molar-refractivity contribution in [2.24, 2.45) is 0 Å². The van der Waals surface area contributed by atoms with E-state index < -0.39 is 0 Å². The molecule has 0 radical (unpaired) electrons. The molecule has 0 spiro atoms. The summed E-state index contributed by atoms with van der Waals surface area (Å²) in [4.78, 5) is 13.4. The zero-order valence-electron chi connectivity index (χ0n) is 15.4. The van der Waals surface area contributed by atoms with Crippen LogP contribution in [0.3, 0.4) is 0 Å². The van der Waals surface area contributed by atoms with E-state index in [1.807, 2.05) is 6.07 Å². The van der Waals surface area contributed by atoms with E-state index in [-0.39, 0.29) is 5.82 Å². The van der Waals surface area contributed by atoms with Crippen LogP contribution >= 0.6 is 0 Å². The maximum atomic E-state index is 13.4. The number of nitrogens with one attached hydrogen (secondary N) is 2. The van der Waals surface area contributed by atoms with Crippen molar-refractivity contribution in [1.29, 1.82) is 0 Å². The Morgan fingerprint density at radius 3 is 2.52 bits per heavy atom. The number of aromatic amines is 1. The summed E-state index contributed by atoms with van der Waals surface area (Å²) >= 11 is 0. The zero-order chi connectivity index (χ0) is 18.8. The fourth-order valence-corrected chi connectivity index (χ4v) is 3.27. The standard InChI is InChI=1S/C19H22FN7/c1-21-19-22-8-7-15(23-19)16-17(13-3-5-14(20)6-4-13)24-25-18(16)27-11-9-26(2)10-12-27/h3-8H,9-12H2,1-2H3,(H,24,25)(H,21,22,23). The summed E-state index contributed by atoms with van der Waals surface area (Å²) in [7, 11) is 3.91. The van der Waals surface area contributed by atoms with E-state index in [0.717, 1.165) is 54.5 Å². The average Bonchev–Trinajstić information content (AvgIpc) is 3.14. The van der Waals surface area contributed by atoms with E-state index in [4.69, 9.17) is 0 Å². The smallest absolute Gasteiger partial charge is 0.222 e. The largest absolute Gasteiger partial charge is 0.357 e. The topological polar surface area (TPSA) is 73.0 Å². The molecular weight excluding hydrogens is 345 g/mol. The highest BCUT2D eigenvalue weighted by Gasteiger charge is 2.25. The lowest BCUT2D eigenvalue weighted by atomic mass is 10.0. The van der Waals surface area contributed by atoms with Gasteiger partial charge in [0.05, 0.1) is 17.0 Å². The summed E-state index contributed by atoms with van der Waals surface area (Å²) in [6.07, 6.45) is 1.73. The predicted molar refractivity (Wildman–Crippen MR) is 104 cm³/mol. The highest BCUT2D eigenvalue weighted by atomic mass is 19.1. The van der Waals surface area contributed by atoms with Crippen molar-refractivity contribution in [2.45, 2.75) is 0 Å². The van der Waals surface area contributed by atoms with Gasteiger partial charge in [-0.25, -0.2) is 14.4 Å². The van der Waals surface area contributed by atoms with Crippen molar-refractivity contribution >= 4 is 11.8 Å². The third kappa shape index (κ3) is 3.48. The van der Waals surface area contributed by atoms with E-state index in [0.29, 0.717) is 5.95 Å². The molecular formula is C19H22FN7. The number of hydrogen-bond donors (Lipinski definition) is 2. The molecule has 0 atom stereocenters. The molecule has 0 amide bonds. The molecule has 0 bridgehead atoms. The molecule has 4 rings (SSSR count). The van der Waals surface area contributed by atoms with E-state index >= 15 is 0 Å². The second kappa shape index (κ2) is 7.32. The first-order valence-electron chi connectivity index (χ1n) is 8.94. The summed E-state index contributed by atoms with van der Waals surface area (Å²) in [5, 5.41) is 10.7. The second-order valence-corrected chi connectivity index (χ2v) is 6.61. The Morgan fingerprint density at radius 1 is 1.07 bits per heavy atom. The van der Waals surface area contributed by atoms with Gasteiger partial charge in [0.25, 0.3) is 0 Å². The number of hydrogen-bond acceptors (Lipinski definition) is 6. The lowest BCUT2D eigenvalue weighted by Crippen LogP contribution is -2.44. The van der Waals surface area contributed by atoms with Gasteiger partial charge in [-0.3, -0.25) is 5.10 Å². The quantitative estimate of drug-likeness (QED) is 0.738. The van der Waals surface area contributed by atoms with E-state index in [9.17, 15) is 4.39 Å². The van der Waals surface area contributed by atoms with Gasteiger partial charge in [-0.2, -0.15) is 5.10 Å². The molecule has 1 aromatic carbocycles. The molecule has 27 heavy (non-hydrogen) atoms. The normalized spacial score (nSPS) is 15.1. The Hall–Kier alpha value is -3.00. The Balaban J connectivity index is 1.83. The minimum absolute atomic E-state index is 0.265. The molecule has 3 heterocycles. The predicted octanol–water partition coefficient (Wildman–Crippen LogP) is 2.47. The van der Waals surface area contributed by atoms with E-state index in [2.05, 4.69) is 42.3 Å². The van der Waals surface area contributed by atoms with Gasteiger partial charge in [0, 0.05) is 45.0 Å². The third-order valence-electron chi connectivity index (χ3n) is 4.82. The summed E-state index contributed by atoms with van der Waals surface area (Å²) < 4.78 is 13.4. The maximum absolute atomic E-state index is 13.4. The zero-order valence-corrected chi connectivity index (χ0v) is 15.4. The van der Waals surface area contributed by atoms with Gasteiger partial charge in [0.15, 0.2) is 5.82 Å². The van der Waals surface area contributed by atoms with Crippen LogP contribution in [0, 0.1) is 5.82 Å². The molecule has 0 aliphatic carbocycles. The minimum atomic E-state index is -0.265. The average molecular weight is 367 g/mol. The number of piperazine rings is 1. The first-order chi connectivity index (χ1) is 13.2. The number of aromatic nitrogens is 4. The summed E-state index contributed by atoms with van der Waals surface area (Å²) in [5.41, 5.74) is 3.37. The van der Waals surface area contributed by atoms with Crippen LogP contribution in [0.2, 0.25) is 0 Å². The van der Waals surface area contributed by atoms with Crippen molar-refractivity contribution < 1.29 is 4.39 Å². The molecule has 8 heteroatoms. The maximum Gasteiger partial charge on any atom is 0.222 e. The van der Waals surface area contributed by atoms with Crippen LogP contribution in [0.1, 0.15) is 0 Å². The second-order valence-electron chi connectivity index (χ2n) is 6.61. The molecule has 1 aliphatic heterocycles.